The van der Waals surface area contributed by atoms with Crippen molar-refractivity contribution in [2.24, 2.45) is 0 Å². The Morgan fingerprint density at radius 1 is 1.05 bits per heavy atom. The molecular formula is C16H10BrClF2N2. The molecule has 22 heavy (non-hydrogen) atoms. The van der Waals surface area contributed by atoms with Crippen LogP contribution in [0, 0.1) is 11.6 Å². The van der Waals surface area contributed by atoms with Crippen LogP contribution in [-0.4, -0.2) is 15.3 Å². The summed E-state index contributed by atoms with van der Waals surface area (Å²) in [5, 5.41) is 1.16. The number of rotatable bonds is 3. The van der Waals surface area contributed by atoms with Gasteiger partial charge in [-0.05, 0) is 18.2 Å². The van der Waals surface area contributed by atoms with E-state index in [4.69, 9.17) is 11.6 Å². The van der Waals surface area contributed by atoms with E-state index in [-0.39, 0.29) is 5.52 Å². The maximum absolute atomic E-state index is 14.0. The number of benzene rings is 2. The standard InChI is InChI=1S/C16H10BrClF2N2/c17-8-7-13-15(9-3-1-2-4-10(9)18)22-16-12(21-13)6-5-11(19)14(16)20/h1-6H,7-8H2. The number of aryl methyl sites for hydroxylation is 1. The van der Waals surface area contributed by atoms with E-state index in [1.807, 2.05) is 6.07 Å². The van der Waals surface area contributed by atoms with Gasteiger partial charge in [0.25, 0.3) is 0 Å². The van der Waals surface area contributed by atoms with Crippen LogP contribution in [0.2, 0.25) is 5.02 Å². The van der Waals surface area contributed by atoms with Gasteiger partial charge >= 0.3 is 0 Å². The van der Waals surface area contributed by atoms with Crippen LogP contribution in [0.25, 0.3) is 22.3 Å². The van der Waals surface area contributed by atoms with Crippen LogP contribution < -0.4 is 0 Å². The van der Waals surface area contributed by atoms with Gasteiger partial charge in [-0.1, -0.05) is 45.7 Å². The molecule has 112 valence electrons. The summed E-state index contributed by atoms with van der Waals surface area (Å²) >= 11 is 9.57. The second-order valence-electron chi connectivity index (χ2n) is 4.67. The van der Waals surface area contributed by atoms with Gasteiger partial charge in [0.15, 0.2) is 11.6 Å². The molecule has 0 fully saturated rings. The van der Waals surface area contributed by atoms with Crippen LogP contribution in [0.4, 0.5) is 8.78 Å². The minimum Gasteiger partial charge on any atom is -0.249 e. The zero-order chi connectivity index (χ0) is 15.7. The Morgan fingerprint density at radius 2 is 1.82 bits per heavy atom. The van der Waals surface area contributed by atoms with E-state index in [1.54, 1.807) is 18.2 Å². The Balaban J connectivity index is 2.33. The summed E-state index contributed by atoms with van der Waals surface area (Å²) in [5.74, 6) is -1.94. The van der Waals surface area contributed by atoms with Crippen LogP contribution in [0.5, 0.6) is 0 Å². The van der Waals surface area contributed by atoms with E-state index in [1.165, 1.54) is 6.07 Å². The van der Waals surface area contributed by atoms with Gasteiger partial charge in [0, 0.05) is 17.3 Å². The summed E-state index contributed by atoms with van der Waals surface area (Å²) in [5.41, 5.74) is 2.04. The van der Waals surface area contributed by atoms with Gasteiger partial charge in [-0.2, -0.15) is 0 Å². The molecule has 0 aliphatic rings. The second-order valence-corrected chi connectivity index (χ2v) is 5.87. The Labute approximate surface area is 139 Å². The molecule has 0 unspecified atom stereocenters. The average molecular weight is 384 g/mol. The maximum atomic E-state index is 14.0. The predicted molar refractivity (Wildman–Crippen MR) is 87.4 cm³/mol. The van der Waals surface area contributed by atoms with Crippen molar-refractivity contribution in [1.29, 1.82) is 0 Å². The van der Waals surface area contributed by atoms with E-state index in [0.29, 0.717) is 39.2 Å². The van der Waals surface area contributed by atoms with E-state index in [2.05, 4.69) is 25.9 Å². The van der Waals surface area contributed by atoms with Crippen molar-refractivity contribution >= 4 is 38.6 Å². The van der Waals surface area contributed by atoms with Crippen LogP contribution >= 0.6 is 27.5 Å². The highest BCUT2D eigenvalue weighted by molar-refractivity contribution is 9.09. The number of fused-ring (bicyclic) bond motifs is 1. The summed E-state index contributed by atoms with van der Waals surface area (Å²) in [6.45, 7) is 0. The molecule has 0 saturated carbocycles. The third kappa shape index (κ3) is 2.71. The highest BCUT2D eigenvalue weighted by Gasteiger charge is 2.16. The van der Waals surface area contributed by atoms with Crippen LogP contribution in [0.1, 0.15) is 5.69 Å². The molecule has 0 aliphatic carbocycles. The third-order valence-electron chi connectivity index (χ3n) is 3.26. The minimum absolute atomic E-state index is 0.0896. The number of aromatic nitrogens is 2. The lowest BCUT2D eigenvalue weighted by Crippen LogP contribution is -2.02. The maximum Gasteiger partial charge on any atom is 0.186 e. The first kappa shape index (κ1) is 15.3. The molecule has 0 aliphatic heterocycles. The minimum atomic E-state index is -0.997. The highest BCUT2D eigenvalue weighted by Crippen LogP contribution is 2.30. The lowest BCUT2D eigenvalue weighted by Gasteiger charge is -2.11. The predicted octanol–water partition coefficient (Wildman–Crippen LogP) is 5.17. The first-order valence-electron chi connectivity index (χ1n) is 6.57. The smallest absolute Gasteiger partial charge is 0.186 e. The Morgan fingerprint density at radius 3 is 2.55 bits per heavy atom. The fraction of sp³-hybridized carbons (Fsp3) is 0.125. The molecule has 0 N–H and O–H groups in total. The third-order valence-corrected chi connectivity index (χ3v) is 3.99. The molecule has 3 rings (SSSR count). The molecule has 0 saturated heterocycles. The normalized spacial score (nSPS) is 11.1. The summed E-state index contributed by atoms with van der Waals surface area (Å²) in [6, 6.07) is 9.60. The van der Waals surface area contributed by atoms with E-state index in [9.17, 15) is 8.78 Å². The molecule has 2 aromatic carbocycles. The van der Waals surface area contributed by atoms with Crippen molar-refractivity contribution < 1.29 is 8.78 Å². The summed E-state index contributed by atoms with van der Waals surface area (Å²) < 4.78 is 27.4. The average Bonchev–Trinajstić information content (AvgIpc) is 2.52. The fourth-order valence-corrected chi connectivity index (χ4v) is 2.83. The number of hydrogen-bond donors (Lipinski definition) is 0. The van der Waals surface area contributed by atoms with E-state index < -0.39 is 11.6 Å². The highest BCUT2D eigenvalue weighted by atomic mass is 79.9. The molecule has 1 aromatic heterocycles. The van der Waals surface area contributed by atoms with Crippen molar-refractivity contribution in [3.05, 3.63) is 58.7 Å². The van der Waals surface area contributed by atoms with E-state index >= 15 is 0 Å². The van der Waals surface area contributed by atoms with Gasteiger partial charge in [-0.15, -0.1) is 0 Å². The van der Waals surface area contributed by atoms with Gasteiger partial charge in [-0.3, -0.25) is 0 Å². The Kier molecular flexibility index (Phi) is 4.36. The monoisotopic (exact) mass is 382 g/mol. The second kappa shape index (κ2) is 6.26. The Bertz CT molecular complexity index is 855. The largest absolute Gasteiger partial charge is 0.249 e. The van der Waals surface area contributed by atoms with E-state index in [0.717, 1.165) is 6.07 Å². The Hall–Kier alpha value is -1.59. The summed E-state index contributed by atoms with van der Waals surface area (Å²) in [4.78, 5) is 8.73. The molecule has 0 spiro atoms. The van der Waals surface area contributed by atoms with Gasteiger partial charge in [0.2, 0.25) is 0 Å². The van der Waals surface area contributed by atoms with Crippen molar-refractivity contribution in [2.45, 2.75) is 6.42 Å². The number of halogens is 4. The quantitative estimate of drug-likeness (QED) is 0.583. The number of hydrogen-bond acceptors (Lipinski definition) is 2. The molecular weight excluding hydrogens is 374 g/mol. The topological polar surface area (TPSA) is 25.8 Å². The number of nitrogens with zero attached hydrogens (tertiary/aromatic N) is 2. The fourth-order valence-electron chi connectivity index (χ4n) is 2.23. The molecule has 0 atom stereocenters. The van der Waals surface area contributed by atoms with Crippen LogP contribution in [-0.2, 0) is 6.42 Å². The van der Waals surface area contributed by atoms with Gasteiger partial charge in [0.05, 0.1) is 21.9 Å². The molecule has 0 bridgehead atoms. The van der Waals surface area contributed by atoms with Gasteiger partial charge in [0.1, 0.15) is 5.52 Å². The number of alkyl halides is 1. The zero-order valence-electron chi connectivity index (χ0n) is 11.3. The first-order valence-corrected chi connectivity index (χ1v) is 8.07. The van der Waals surface area contributed by atoms with Crippen molar-refractivity contribution in [1.82, 2.24) is 9.97 Å². The van der Waals surface area contributed by atoms with Crippen LogP contribution in [0.15, 0.2) is 36.4 Å². The summed E-state index contributed by atoms with van der Waals surface area (Å²) in [7, 11) is 0. The van der Waals surface area contributed by atoms with Crippen LogP contribution in [0.3, 0.4) is 0 Å². The van der Waals surface area contributed by atoms with Gasteiger partial charge in [-0.25, -0.2) is 18.7 Å². The molecule has 0 radical (unpaired) electrons. The lowest BCUT2D eigenvalue weighted by molar-refractivity contribution is 0.515. The van der Waals surface area contributed by atoms with Gasteiger partial charge < -0.3 is 0 Å². The summed E-state index contributed by atoms with van der Waals surface area (Å²) in [6.07, 6.45) is 0.600. The first-order chi connectivity index (χ1) is 10.6. The molecule has 3 aromatic rings. The van der Waals surface area contributed by atoms with Crippen molar-refractivity contribution in [3.8, 4) is 11.3 Å². The molecule has 6 heteroatoms. The zero-order valence-corrected chi connectivity index (χ0v) is 13.6. The SMILES string of the molecule is Fc1ccc2nc(CCBr)c(-c3ccccc3Cl)nc2c1F. The molecule has 0 amide bonds. The van der Waals surface area contributed by atoms with Crippen molar-refractivity contribution in [2.75, 3.05) is 5.33 Å². The van der Waals surface area contributed by atoms with Crippen molar-refractivity contribution in [3.63, 3.8) is 0 Å². The molecule has 2 nitrogen and oxygen atoms in total. The lowest BCUT2D eigenvalue weighted by atomic mass is 10.1. The molecule has 1 heterocycles.